The van der Waals surface area contributed by atoms with Gasteiger partial charge in [-0.3, -0.25) is 9.10 Å². The van der Waals surface area contributed by atoms with Crippen molar-refractivity contribution in [3.8, 4) is 0 Å². The third kappa shape index (κ3) is 24.7. The number of hydrogen-bond donors (Lipinski definition) is 0. The molecule has 276 valence electrons. The van der Waals surface area contributed by atoms with Gasteiger partial charge in [-0.15, -0.1) is 11.8 Å². The van der Waals surface area contributed by atoms with E-state index in [0.29, 0.717) is 16.2 Å². The van der Waals surface area contributed by atoms with Crippen molar-refractivity contribution in [3.05, 3.63) is 34.9 Å². The van der Waals surface area contributed by atoms with E-state index in [1.165, 1.54) is 17.3 Å². The molecule has 48 heavy (non-hydrogen) atoms. The minimum Gasteiger partial charge on any atom is -0.385 e. The van der Waals surface area contributed by atoms with Gasteiger partial charge in [0.15, 0.2) is 0 Å². The zero-order valence-corrected chi connectivity index (χ0v) is 33.8. The number of ether oxygens (including phenoxy) is 2. The molecule has 1 aromatic carbocycles. The minimum atomic E-state index is -4.49. The molecule has 0 N–H and O–H groups in total. The van der Waals surface area contributed by atoms with Crippen LogP contribution in [0.3, 0.4) is 0 Å². The van der Waals surface area contributed by atoms with Gasteiger partial charge in [0.2, 0.25) is 0 Å². The van der Waals surface area contributed by atoms with Gasteiger partial charge in [-0.05, 0) is 123 Å². The number of ketones is 2. The predicted molar refractivity (Wildman–Crippen MR) is 204 cm³/mol. The molecule has 1 amide bonds. The zero-order valence-electron chi connectivity index (χ0n) is 30.6. The fourth-order valence-corrected chi connectivity index (χ4v) is 6.89. The summed E-state index contributed by atoms with van der Waals surface area (Å²) in [4.78, 5) is 34.1. The molecule has 0 spiro atoms. The number of thioether (sulfide) groups is 1. The van der Waals surface area contributed by atoms with Crippen molar-refractivity contribution in [2.75, 3.05) is 27.4 Å². The number of alkyl halides is 3. The van der Waals surface area contributed by atoms with Crippen LogP contribution in [-0.4, -0.2) is 67.9 Å². The second-order valence-electron chi connectivity index (χ2n) is 12.8. The van der Waals surface area contributed by atoms with Crippen LogP contribution in [0.2, 0.25) is 0 Å². The molecule has 1 aromatic rings. The largest absolute Gasteiger partial charge is 0.416 e. The Bertz CT molecular complexity index is 1170. The SMILES string of the molecule is CC(=S)SN(C(=O)c1cc(C)cc(C(F)(F)F)c1)C(C)(C)C.COCCCC(C)(CCC(C)=O)SC(C)=S.COCCCCCC(C)=O. The highest BCUT2D eigenvalue weighted by molar-refractivity contribution is 8.23. The van der Waals surface area contributed by atoms with E-state index >= 15 is 0 Å². The van der Waals surface area contributed by atoms with Gasteiger partial charge in [-0.25, -0.2) is 0 Å². The lowest BCUT2D eigenvalue weighted by molar-refractivity contribution is -0.137. The van der Waals surface area contributed by atoms with Crippen molar-refractivity contribution < 1.29 is 37.0 Å². The van der Waals surface area contributed by atoms with Crippen molar-refractivity contribution in [1.29, 1.82) is 0 Å². The summed E-state index contributed by atoms with van der Waals surface area (Å²) in [5.74, 6) is 0.0499. The van der Waals surface area contributed by atoms with Gasteiger partial charge in [0.1, 0.15) is 11.6 Å². The number of halogens is 3. The summed E-state index contributed by atoms with van der Waals surface area (Å²) < 4.78 is 51.6. The normalized spacial score (nSPS) is 12.5. The van der Waals surface area contributed by atoms with Gasteiger partial charge >= 0.3 is 6.18 Å². The van der Waals surface area contributed by atoms with E-state index < -0.39 is 23.2 Å². The van der Waals surface area contributed by atoms with Crippen molar-refractivity contribution in [2.45, 2.75) is 130 Å². The van der Waals surface area contributed by atoms with E-state index in [4.69, 9.17) is 33.9 Å². The van der Waals surface area contributed by atoms with E-state index in [1.807, 2.05) is 6.92 Å². The number of carbonyl (C=O) groups excluding carboxylic acids is 3. The molecule has 0 saturated heterocycles. The fraction of sp³-hybridized carbons (Fsp3) is 0.686. The maximum atomic E-state index is 12.9. The van der Waals surface area contributed by atoms with Gasteiger partial charge in [-0.1, -0.05) is 37.8 Å². The van der Waals surface area contributed by atoms with Gasteiger partial charge in [0, 0.05) is 60.3 Å². The van der Waals surface area contributed by atoms with E-state index in [0.717, 1.165) is 86.4 Å². The monoisotopic (exact) mass is 755 g/mol. The molecule has 0 aliphatic rings. The number of nitrogens with zero attached hydrogens (tertiary/aromatic N) is 1. The van der Waals surface area contributed by atoms with Gasteiger partial charge in [0.25, 0.3) is 5.91 Å². The summed E-state index contributed by atoms with van der Waals surface area (Å²) in [6.07, 6.45) is 3.01. The molecular weight excluding hydrogens is 700 g/mol. The maximum absolute atomic E-state index is 12.9. The van der Waals surface area contributed by atoms with E-state index in [-0.39, 0.29) is 21.9 Å². The van der Waals surface area contributed by atoms with E-state index in [9.17, 15) is 27.6 Å². The highest BCUT2D eigenvalue weighted by Gasteiger charge is 2.34. The molecule has 13 heteroatoms. The number of thiocarbonyl (C=S) groups is 2. The number of Topliss-reactive ketones (excluding diaryl/α,β-unsaturated/α-hetero) is 2. The number of aryl methyl sites for hydroxylation is 1. The summed E-state index contributed by atoms with van der Waals surface area (Å²) in [5, 5.41) is 0. The quantitative estimate of drug-likeness (QED) is 0.0988. The summed E-state index contributed by atoms with van der Waals surface area (Å²) in [7, 11) is 3.41. The first-order chi connectivity index (χ1) is 22.0. The molecule has 6 nitrogen and oxygen atoms in total. The Labute approximate surface area is 306 Å². The first-order valence-electron chi connectivity index (χ1n) is 15.9. The van der Waals surface area contributed by atoms with Crippen LogP contribution in [0.25, 0.3) is 0 Å². The molecule has 0 heterocycles. The van der Waals surface area contributed by atoms with Gasteiger partial charge < -0.3 is 19.1 Å². The topological polar surface area (TPSA) is 72.9 Å². The van der Waals surface area contributed by atoms with Crippen LogP contribution in [0.5, 0.6) is 0 Å². The smallest absolute Gasteiger partial charge is 0.385 e. The number of hydrogen-bond acceptors (Lipinski definition) is 9. The van der Waals surface area contributed by atoms with E-state index in [2.05, 4.69) is 6.92 Å². The zero-order chi connectivity index (χ0) is 37.7. The number of amides is 1. The molecule has 0 aliphatic heterocycles. The highest BCUT2D eigenvalue weighted by Crippen LogP contribution is 2.36. The van der Waals surface area contributed by atoms with Crippen LogP contribution >= 0.6 is 48.1 Å². The van der Waals surface area contributed by atoms with Crippen LogP contribution < -0.4 is 0 Å². The third-order valence-electron chi connectivity index (χ3n) is 6.49. The van der Waals surface area contributed by atoms with Crippen molar-refractivity contribution in [1.82, 2.24) is 4.31 Å². The Morgan fingerprint density at radius 2 is 1.31 bits per heavy atom. The van der Waals surface area contributed by atoms with Crippen LogP contribution in [0, 0.1) is 6.92 Å². The molecule has 1 rings (SSSR count). The molecule has 1 atom stereocenters. The third-order valence-corrected chi connectivity index (χ3v) is 9.31. The number of unbranched alkanes of at least 4 members (excludes halogenated alkanes) is 2. The Morgan fingerprint density at radius 1 is 0.771 bits per heavy atom. The molecule has 0 aliphatic carbocycles. The number of carbonyl (C=O) groups is 3. The molecule has 0 bridgehead atoms. The Morgan fingerprint density at radius 3 is 1.75 bits per heavy atom. The number of rotatable bonds is 15. The summed E-state index contributed by atoms with van der Waals surface area (Å²) in [6.45, 7) is 17.6. The van der Waals surface area contributed by atoms with Crippen LogP contribution in [-0.2, 0) is 25.2 Å². The lowest BCUT2D eigenvalue weighted by atomic mass is 9.97. The van der Waals surface area contributed by atoms with Crippen LogP contribution in [0.4, 0.5) is 13.2 Å². The van der Waals surface area contributed by atoms with E-state index in [1.54, 1.807) is 67.5 Å². The molecule has 0 radical (unpaired) electrons. The Kier molecular flexibility index (Phi) is 25.1. The highest BCUT2D eigenvalue weighted by atomic mass is 32.2. The average Bonchev–Trinajstić information content (AvgIpc) is 2.93. The molecule has 0 fully saturated rings. The maximum Gasteiger partial charge on any atom is 0.416 e. The van der Waals surface area contributed by atoms with Crippen LogP contribution in [0.1, 0.15) is 128 Å². The van der Waals surface area contributed by atoms with Crippen LogP contribution in [0.15, 0.2) is 18.2 Å². The fourth-order valence-electron chi connectivity index (χ4n) is 4.20. The number of benzene rings is 1. The van der Waals surface area contributed by atoms with Crippen molar-refractivity contribution in [3.63, 3.8) is 0 Å². The average molecular weight is 756 g/mol. The second kappa shape index (κ2) is 24.7. The standard InChI is InChI=1S/C15H18F3NOS2.C12H22O2S2.C8H16O2/c1-9-6-11(8-12(7-9)15(16,17)18)13(20)19(14(3,4)5)22-10(2)21;1-10(13)6-8-12(3,16-11(2)15)7-5-9-14-4;1-8(9)6-4-3-5-7-10-2/h6-8H,1-5H3;5-9H2,1-4H3;3-7H2,1-2H3. The predicted octanol–water partition coefficient (Wildman–Crippen LogP) is 10.7. The Balaban J connectivity index is 0. The molecule has 0 saturated carbocycles. The first kappa shape index (κ1) is 48.7. The molecule has 1 unspecified atom stereocenters. The lowest BCUT2D eigenvalue weighted by Gasteiger charge is -2.34. The summed E-state index contributed by atoms with van der Waals surface area (Å²) in [5.41, 5.74) is -1.01. The van der Waals surface area contributed by atoms with Gasteiger partial charge in [0.05, 0.1) is 9.76 Å². The minimum absolute atomic E-state index is 0.00556. The second-order valence-corrected chi connectivity index (χ2v) is 17.5. The Hall–Kier alpha value is -1.38. The lowest BCUT2D eigenvalue weighted by Crippen LogP contribution is -2.41. The summed E-state index contributed by atoms with van der Waals surface area (Å²) in [6, 6.07) is 3.36. The first-order valence-corrected chi connectivity index (χ1v) is 18.3. The number of methoxy groups -OCH3 is 2. The van der Waals surface area contributed by atoms with Gasteiger partial charge in [-0.2, -0.15) is 13.2 Å². The van der Waals surface area contributed by atoms with Crippen molar-refractivity contribution >= 4 is 74.0 Å². The van der Waals surface area contributed by atoms with Crippen molar-refractivity contribution in [2.24, 2.45) is 0 Å². The summed E-state index contributed by atoms with van der Waals surface area (Å²) >= 11 is 12.9. The molecular formula is C35H56F3NO5S4. The molecule has 0 aromatic heterocycles.